The third-order valence-corrected chi connectivity index (χ3v) is 6.07. The van der Waals surface area contributed by atoms with Crippen LogP contribution in [0.5, 0.6) is 0 Å². The molecule has 0 aliphatic rings. The van der Waals surface area contributed by atoms with Gasteiger partial charge in [0.1, 0.15) is 5.65 Å². The summed E-state index contributed by atoms with van der Waals surface area (Å²) in [6.45, 7) is 0. The number of pyridine rings is 1. The van der Waals surface area contributed by atoms with Crippen molar-refractivity contribution in [2.24, 2.45) is 0 Å². The van der Waals surface area contributed by atoms with Gasteiger partial charge in [-0.15, -0.1) is 0 Å². The molecule has 6 aromatic rings. The molecule has 0 spiro atoms. The highest BCUT2D eigenvalue weighted by atomic mass is 79.9. The molecule has 3 aromatic heterocycles. The molecule has 0 unspecified atom stereocenters. The number of hydrogen-bond acceptors (Lipinski definition) is 3. The van der Waals surface area contributed by atoms with Crippen molar-refractivity contribution < 1.29 is 0 Å². The van der Waals surface area contributed by atoms with E-state index >= 15 is 0 Å². The van der Waals surface area contributed by atoms with Gasteiger partial charge in [-0.05, 0) is 30.3 Å². The summed E-state index contributed by atoms with van der Waals surface area (Å²) in [5.74, 6) is 0.699. The molecule has 3 heterocycles. The van der Waals surface area contributed by atoms with Gasteiger partial charge in [0.05, 0.1) is 23.1 Å². The standard InChI is InChI=1S/C27H17BrN4/c28-20-13-14-23-22(16-20)21-12-7-15-29-27(21)32(23)24-17-30-26(19-10-5-2-6-11-19)31-25(24)18-8-3-1-4-9-18/h1-17H. The monoisotopic (exact) mass is 476 g/mol. The average molecular weight is 477 g/mol. The molecule has 4 nitrogen and oxygen atoms in total. The van der Waals surface area contributed by atoms with Gasteiger partial charge in [-0.25, -0.2) is 15.0 Å². The average Bonchev–Trinajstić information content (AvgIpc) is 3.18. The largest absolute Gasteiger partial charge is 0.290 e. The number of nitrogens with zero attached hydrogens (tertiary/aromatic N) is 4. The second kappa shape index (κ2) is 7.70. The molecule has 3 aromatic carbocycles. The van der Waals surface area contributed by atoms with Crippen molar-refractivity contribution in [3.63, 3.8) is 0 Å². The third-order valence-electron chi connectivity index (χ3n) is 5.58. The second-order valence-electron chi connectivity index (χ2n) is 7.53. The maximum absolute atomic E-state index is 5.03. The predicted molar refractivity (Wildman–Crippen MR) is 133 cm³/mol. The molecule has 5 heteroatoms. The first-order valence-electron chi connectivity index (χ1n) is 10.3. The van der Waals surface area contributed by atoms with Crippen LogP contribution in [0.3, 0.4) is 0 Å². The summed E-state index contributed by atoms with van der Waals surface area (Å²) < 4.78 is 3.20. The second-order valence-corrected chi connectivity index (χ2v) is 8.45. The van der Waals surface area contributed by atoms with Crippen LogP contribution in [-0.4, -0.2) is 19.5 Å². The highest BCUT2D eigenvalue weighted by Gasteiger charge is 2.19. The molecule has 0 aliphatic carbocycles. The zero-order valence-corrected chi connectivity index (χ0v) is 18.6. The van der Waals surface area contributed by atoms with Gasteiger partial charge < -0.3 is 0 Å². The Balaban J connectivity index is 1.70. The number of rotatable bonds is 3. The molecule has 0 amide bonds. The SMILES string of the molecule is Brc1ccc2c(c1)c1cccnc1n2-c1cnc(-c2ccccc2)nc1-c1ccccc1. The van der Waals surface area contributed by atoms with Crippen molar-refractivity contribution in [3.8, 4) is 28.3 Å². The molecule has 0 radical (unpaired) electrons. The topological polar surface area (TPSA) is 43.6 Å². The fraction of sp³-hybridized carbons (Fsp3) is 0. The predicted octanol–water partition coefficient (Wildman–Crippen LogP) is 7.07. The molecule has 32 heavy (non-hydrogen) atoms. The van der Waals surface area contributed by atoms with E-state index in [4.69, 9.17) is 15.0 Å². The fourth-order valence-corrected chi connectivity index (χ4v) is 4.50. The Hall–Kier alpha value is -3.83. The molecule has 0 bridgehead atoms. The summed E-state index contributed by atoms with van der Waals surface area (Å²) in [6.07, 6.45) is 3.74. The van der Waals surface area contributed by atoms with Gasteiger partial charge in [-0.2, -0.15) is 0 Å². The summed E-state index contributed by atoms with van der Waals surface area (Å²) in [4.78, 5) is 14.5. The lowest BCUT2D eigenvalue weighted by Crippen LogP contribution is -2.03. The number of hydrogen-bond donors (Lipinski definition) is 0. The minimum absolute atomic E-state index is 0.699. The number of aromatic nitrogens is 4. The number of halogens is 1. The summed E-state index contributed by atoms with van der Waals surface area (Å²) >= 11 is 3.62. The van der Waals surface area contributed by atoms with Gasteiger partial charge in [0.25, 0.3) is 0 Å². The molecule has 0 N–H and O–H groups in total. The quantitative estimate of drug-likeness (QED) is 0.274. The van der Waals surface area contributed by atoms with Crippen molar-refractivity contribution in [2.45, 2.75) is 0 Å². The Morgan fingerprint density at radius 3 is 2.22 bits per heavy atom. The molecule has 0 saturated heterocycles. The fourth-order valence-electron chi connectivity index (χ4n) is 4.14. The van der Waals surface area contributed by atoms with E-state index in [-0.39, 0.29) is 0 Å². The third kappa shape index (κ3) is 3.10. The molecule has 0 aliphatic heterocycles. The van der Waals surface area contributed by atoms with E-state index < -0.39 is 0 Å². The van der Waals surface area contributed by atoms with E-state index in [9.17, 15) is 0 Å². The first-order valence-corrected chi connectivity index (χ1v) is 11.1. The van der Waals surface area contributed by atoms with E-state index in [0.717, 1.165) is 48.9 Å². The summed E-state index contributed by atoms with van der Waals surface area (Å²) in [5, 5.41) is 2.23. The highest BCUT2D eigenvalue weighted by Crippen LogP contribution is 2.36. The Kier molecular flexibility index (Phi) is 4.55. The first-order chi connectivity index (χ1) is 15.8. The van der Waals surface area contributed by atoms with Crippen molar-refractivity contribution in [1.29, 1.82) is 0 Å². The van der Waals surface area contributed by atoms with Crippen LogP contribution in [0, 0.1) is 0 Å². The van der Waals surface area contributed by atoms with E-state index in [2.05, 4.69) is 56.9 Å². The zero-order valence-electron chi connectivity index (χ0n) is 17.0. The lowest BCUT2D eigenvalue weighted by atomic mass is 10.1. The normalized spacial score (nSPS) is 11.3. The van der Waals surface area contributed by atoms with Gasteiger partial charge in [-0.1, -0.05) is 76.6 Å². The highest BCUT2D eigenvalue weighted by molar-refractivity contribution is 9.10. The minimum atomic E-state index is 0.699. The van der Waals surface area contributed by atoms with Crippen LogP contribution in [-0.2, 0) is 0 Å². The van der Waals surface area contributed by atoms with Gasteiger partial charge >= 0.3 is 0 Å². The minimum Gasteiger partial charge on any atom is -0.290 e. The van der Waals surface area contributed by atoms with Crippen LogP contribution < -0.4 is 0 Å². The van der Waals surface area contributed by atoms with Gasteiger partial charge in [-0.3, -0.25) is 4.57 Å². The maximum Gasteiger partial charge on any atom is 0.159 e. The van der Waals surface area contributed by atoms with Gasteiger partial charge in [0.15, 0.2) is 5.82 Å². The van der Waals surface area contributed by atoms with E-state index in [1.54, 1.807) is 0 Å². The molecule has 0 saturated carbocycles. The van der Waals surface area contributed by atoms with Crippen LogP contribution in [0.25, 0.3) is 50.3 Å². The Morgan fingerprint density at radius 1 is 0.688 bits per heavy atom. The lowest BCUT2D eigenvalue weighted by molar-refractivity contribution is 1.07. The van der Waals surface area contributed by atoms with Crippen molar-refractivity contribution in [2.75, 3.05) is 0 Å². The summed E-state index contributed by atoms with van der Waals surface area (Å²) in [5.41, 5.74) is 5.73. The zero-order chi connectivity index (χ0) is 21.5. The van der Waals surface area contributed by atoms with E-state index in [1.807, 2.05) is 67.0 Å². The molecule has 0 fully saturated rings. The first kappa shape index (κ1) is 18.9. The van der Waals surface area contributed by atoms with Crippen LogP contribution in [0.1, 0.15) is 0 Å². The maximum atomic E-state index is 5.03. The molecule has 152 valence electrons. The van der Waals surface area contributed by atoms with Crippen LogP contribution in [0.4, 0.5) is 0 Å². The van der Waals surface area contributed by atoms with Gasteiger partial charge in [0.2, 0.25) is 0 Å². The van der Waals surface area contributed by atoms with E-state index in [1.165, 1.54) is 0 Å². The number of benzene rings is 3. The Morgan fingerprint density at radius 2 is 1.44 bits per heavy atom. The van der Waals surface area contributed by atoms with Gasteiger partial charge in [0, 0.05) is 32.6 Å². The molecule has 0 atom stereocenters. The molecular weight excluding hydrogens is 460 g/mol. The lowest BCUT2D eigenvalue weighted by Gasteiger charge is -2.13. The van der Waals surface area contributed by atoms with Crippen LogP contribution in [0.2, 0.25) is 0 Å². The summed E-state index contributed by atoms with van der Waals surface area (Å²) in [7, 11) is 0. The Bertz CT molecular complexity index is 1570. The van der Waals surface area contributed by atoms with Crippen molar-refractivity contribution in [1.82, 2.24) is 19.5 Å². The summed E-state index contributed by atoms with van der Waals surface area (Å²) in [6, 6.07) is 30.7. The smallest absolute Gasteiger partial charge is 0.159 e. The van der Waals surface area contributed by atoms with Crippen LogP contribution >= 0.6 is 15.9 Å². The Labute approximate surface area is 193 Å². The van der Waals surface area contributed by atoms with Crippen molar-refractivity contribution >= 4 is 37.9 Å². The van der Waals surface area contributed by atoms with Crippen molar-refractivity contribution in [3.05, 3.63) is 108 Å². The number of fused-ring (bicyclic) bond motifs is 3. The molecular formula is C27H17BrN4. The van der Waals surface area contributed by atoms with E-state index in [0.29, 0.717) is 5.82 Å². The van der Waals surface area contributed by atoms with Crippen LogP contribution in [0.15, 0.2) is 108 Å². The molecule has 6 rings (SSSR count).